The van der Waals surface area contributed by atoms with Gasteiger partial charge in [-0.25, -0.2) is 4.98 Å². The number of nitrogens with one attached hydrogen (secondary N) is 1. The van der Waals surface area contributed by atoms with E-state index in [4.69, 9.17) is 0 Å². The summed E-state index contributed by atoms with van der Waals surface area (Å²) in [4.78, 5) is 17.8. The Hall–Kier alpha value is -2.89. The quantitative estimate of drug-likeness (QED) is 0.552. The molecule has 0 radical (unpaired) electrons. The van der Waals surface area contributed by atoms with Crippen LogP contribution < -0.4 is 0 Å². The number of phenolic OH excluding ortho intramolecular Hbond substituents is 1. The molecule has 20 heavy (non-hydrogen) atoms. The number of nitro groups is 1. The molecule has 0 spiro atoms. The number of benzene rings is 2. The molecule has 0 aliphatic rings. The fourth-order valence-electron chi connectivity index (χ4n) is 2.13. The van der Waals surface area contributed by atoms with Gasteiger partial charge in [-0.2, -0.15) is 0 Å². The van der Waals surface area contributed by atoms with Crippen LogP contribution in [0.2, 0.25) is 0 Å². The molecule has 0 aliphatic carbocycles. The van der Waals surface area contributed by atoms with E-state index < -0.39 is 4.92 Å². The van der Waals surface area contributed by atoms with Crippen molar-refractivity contribution in [3.8, 4) is 17.1 Å². The topological polar surface area (TPSA) is 92.0 Å². The van der Waals surface area contributed by atoms with Gasteiger partial charge < -0.3 is 10.1 Å². The van der Waals surface area contributed by atoms with Gasteiger partial charge in [-0.15, -0.1) is 0 Å². The SMILES string of the molecule is Cc1cccc2[nH]c(-c3ccc(O)c([N+](=O)[O-])c3)nc12. The molecule has 3 aromatic rings. The molecule has 1 heterocycles. The second kappa shape index (κ2) is 4.34. The Morgan fingerprint density at radius 3 is 2.80 bits per heavy atom. The molecule has 0 bridgehead atoms. The number of aryl methyl sites for hydroxylation is 1. The van der Waals surface area contributed by atoms with Gasteiger partial charge in [0, 0.05) is 11.6 Å². The van der Waals surface area contributed by atoms with Gasteiger partial charge in [-0.1, -0.05) is 12.1 Å². The third kappa shape index (κ3) is 1.87. The van der Waals surface area contributed by atoms with Gasteiger partial charge in [-0.3, -0.25) is 10.1 Å². The number of para-hydroxylation sites is 1. The van der Waals surface area contributed by atoms with Gasteiger partial charge in [0.05, 0.1) is 16.0 Å². The number of hydrogen-bond acceptors (Lipinski definition) is 4. The first-order valence-electron chi connectivity index (χ1n) is 5.99. The molecule has 2 aromatic carbocycles. The molecular formula is C14H11N3O3. The van der Waals surface area contributed by atoms with Crippen LogP contribution >= 0.6 is 0 Å². The smallest absolute Gasteiger partial charge is 0.311 e. The second-order valence-corrected chi connectivity index (χ2v) is 4.52. The molecular weight excluding hydrogens is 258 g/mol. The van der Waals surface area contributed by atoms with Crippen molar-refractivity contribution in [2.45, 2.75) is 6.92 Å². The minimum atomic E-state index is -0.618. The predicted molar refractivity (Wildman–Crippen MR) is 74.6 cm³/mol. The van der Waals surface area contributed by atoms with Crippen LogP contribution in [0.25, 0.3) is 22.4 Å². The van der Waals surface area contributed by atoms with Crippen molar-refractivity contribution in [2.24, 2.45) is 0 Å². The summed E-state index contributed by atoms with van der Waals surface area (Å²) in [7, 11) is 0. The van der Waals surface area contributed by atoms with Crippen molar-refractivity contribution in [1.82, 2.24) is 9.97 Å². The van der Waals surface area contributed by atoms with E-state index in [0.717, 1.165) is 16.6 Å². The molecule has 0 aliphatic heterocycles. The van der Waals surface area contributed by atoms with Gasteiger partial charge in [0.2, 0.25) is 0 Å². The maximum Gasteiger partial charge on any atom is 0.311 e. The van der Waals surface area contributed by atoms with Crippen LogP contribution in [0.3, 0.4) is 0 Å². The first-order chi connectivity index (χ1) is 9.56. The maximum absolute atomic E-state index is 10.8. The van der Waals surface area contributed by atoms with Crippen molar-refractivity contribution in [1.29, 1.82) is 0 Å². The van der Waals surface area contributed by atoms with E-state index in [2.05, 4.69) is 9.97 Å². The number of H-pyrrole nitrogens is 1. The van der Waals surface area contributed by atoms with Crippen LogP contribution in [0, 0.1) is 17.0 Å². The summed E-state index contributed by atoms with van der Waals surface area (Å²) in [5, 5.41) is 20.3. The summed E-state index contributed by atoms with van der Waals surface area (Å²) >= 11 is 0. The fraction of sp³-hybridized carbons (Fsp3) is 0.0714. The molecule has 2 N–H and O–H groups in total. The van der Waals surface area contributed by atoms with E-state index in [-0.39, 0.29) is 11.4 Å². The van der Waals surface area contributed by atoms with Crippen molar-refractivity contribution in [3.63, 3.8) is 0 Å². The summed E-state index contributed by atoms with van der Waals surface area (Å²) in [5.41, 5.74) is 2.96. The normalized spacial score (nSPS) is 10.8. The number of aromatic hydroxyl groups is 1. The zero-order valence-corrected chi connectivity index (χ0v) is 10.6. The third-order valence-electron chi connectivity index (χ3n) is 3.16. The standard InChI is InChI=1S/C14H11N3O3/c1-8-3-2-4-10-13(8)16-14(15-10)9-5-6-12(18)11(7-9)17(19)20/h2-7,18H,1H3,(H,15,16). The molecule has 0 saturated heterocycles. The van der Waals surface area contributed by atoms with Crippen molar-refractivity contribution in [3.05, 3.63) is 52.1 Å². The van der Waals surface area contributed by atoms with Gasteiger partial charge in [0.15, 0.2) is 5.75 Å². The number of aromatic nitrogens is 2. The number of imidazole rings is 1. The second-order valence-electron chi connectivity index (χ2n) is 4.52. The van der Waals surface area contributed by atoms with E-state index in [0.29, 0.717) is 11.4 Å². The Kier molecular flexibility index (Phi) is 2.64. The van der Waals surface area contributed by atoms with Crippen molar-refractivity contribution in [2.75, 3.05) is 0 Å². The Labute approximate surface area is 113 Å². The number of phenols is 1. The monoisotopic (exact) mass is 269 g/mol. The summed E-state index contributed by atoms with van der Waals surface area (Å²) in [6.07, 6.45) is 0. The van der Waals surface area contributed by atoms with E-state index in [1.807, 2.05) is 25.1 Å². The minimum Gasteiger partial charge on any atom is -0.502 e. The lowest BCUT2D eigenvalue weighted by Crippen LogP contribution is -1.90. The summed E-state index contributed by atoms with van der Waals surface area (Å²) in [6, 6.07) is 9.96. The lowest BCUT2D eigenvalue weighted by atomic mass is 10.2. The highest BCUT2D eigenvalue weighted by Gasteiger charge is 2.16. The van der Waals surface area contributed by atoms with Crippen LogP contribution in [0.5, 0.6) is 5.75 Å². The lowest BCUT2D eigenvalue weighted by molar-refractivity contribution is -0.385. The highest BCUT2D eigenvalue weighted by Crippen LogP contribution is 2.31. The molecule has 0 amide bonds. The highest BCUT2D eigenvalue weighted by molar-refractivity contribution is 5.82. The van der Waals surface area contributed by atoms with Crippen LogP contribution in [0.15, 0.2) is 36.4 Å². The molecule has 6 nitrogen and oxygen atoms in total. The Balaban J connectivity index is 2.18. The van der Waals surface area contributed by atoms with Gasteiger partial charge in [0.25, 0.3) is 0 Å². The Morgan fingerprint density at radius 1 is 1.30 bits per heavy atom. The number of hydrogen-bond donors (Lipinski definition) is 2. The first kappa shape index (κ1) is 12.2. The number of aromatic amines is 1. The van der Waals surface area contributed by atoms with Gasteiger partial charge in [0.1, 0.15) is 5.82 Å². The first-order valence-corrected chi connectivity index (χ1v) is 5.99. The van der Waals surface area contributed by atoms with E-state index >= 15 is 0 Å². The van der Waals surface area contributed by atoms with E-state index in [1.165, 1.54) is 12.1 Å². The van der Waals surface area contributed by atoms with Crippen LogP contribution in [0.4, 0.5) is 5.69 Å². The van der Waals surface area contributed by atoms with Crippen molar-refractivity contribution < 1.29 is 10.0 Å². The number of nitrogens with zero attached hydrogens (tertiary/aromatic N) is 2. The lowest BCUT2D eigenvalue weighted by Gasteiger charge is -1.99. The average Bonchev–Trinajstić information content (AvgIpc) is 2.84. The van der Waals surface area contributed by atoms with Gasteiger partial charge >= 0.3 is 5.69 Å². The highest BCUT2D eigenvalue weighted by atomic mass is 16.6. The number of nitro benzene ring substituents is 1. The molecule has 0 saturated carbocycles. The summed E-state index contributed by atoms with van der Waals surface area (Å²) in [5.74, 6) is 0.184. The Bertz CT molecular complexity index is 824. The van der Waals surface area contributed by atoms with Gasteiger partial charge in [-0.05, 0) is 30.7 Å². The third-order valence-corrected chi connectivity index (χ3v) is 3.16. The maximum atomic E-state index is 10.8. The van der Waals surface area contributed by atoms with E-state index in [9.17, 15) is 15.2 Å². The fourth-order valence-corrected chi connectivity index (χ4v) is 2.13. The summed E-state index contributed by atoms with van der Waals surface area (Å²) in [6.45, 7) is 1.95. The molecule has 0 unspecified atom stereocenters. The average molecular weight is 269 g/mol. The van der Waals surface area contributed by atoms with E-state index in [1.54, 1.807) is 6.07 Å². The largest absolute Gasteiger partial charge is 0.502 e. The van der Waals surface area contributed by atoms with Crippen LogP contribution in [-0.2, 0) is 0 Å². The molecule has 3 rings (SSSR count). The zero-order valence-electron chi connectivity index (χ0n) is 10.6. The zero-order chi connectivity index (χ0) is 14.3. The number of rotatable bonds is 2. The van der Waals surface area contributed by atoms with Crippen LogP contribution in [0.1, 0.15) is 5.56 Å². The predicted octanol–water partition coefficient (Wildman–Crippen LogP) is 3.15. The van der Waals surface area contributed by atoms with Crippen LogP contribution in [-0.4, -0.2) is 20.0 Å². The van der Waals surface area contributed by atoms with Crippen molar-refractivity contribution >= 4 is 16.7 Å². The molecule has 0 fully saturated rings. The Morgan fingerprint density at radius 2 is 2.10 bits per heavy atom. The number of fused-ring (bicyclic) bond motifs is 1. The molecule has 6 heteroatoms. The minimum absolute atomic E-state index is 0.334. The summed E-state index contributed by atoms with van der Waals surface area (Å²) < 4.78 is 0. The molecule has 0 atom stereocenters. The molecule has 1 aromatic heterocycles. The molecule has 100 valence electrons.